The second-order valence-electron chi connectivity index (χ2n) is 7.94. The Morgan fingerprint density at radius 1 is 1.03 bits per heavy atom. The van der Waals surface area contributed by atoms with Crippen LogP contribution < -0.4 is 5.32 Å². The highest BCUT2D eigenvalue weighted by Crippen LogP contribution is 2.35. The molecule has 3 heterocycles. The van der Waals surface area contributed by atoms with Crippen molar-refractivity contribution in [2.75, 3.05) is 0 Å². The number of imide groups is 1. The Morgan fingerprint density at radius 3 is 2.63 bits per heavy atom. The molecule has 0 spiro atoms. The number of halogens is 1. The number of nitrogens with zero attached hydrogens (tertiary/aromatic N) is 2. The van der Waals surface area contributed by atoms with Crippen molar-refractivity contribution >= 4 is 68.7 Å². The fraction of sp³-hybridized carbons (Fsp3) is 0.115. The number of aromatic nitrogens is 1. The summed E-state index contributed by atoms with van der Waals surface area (Å²) in [5, 5.41) is 5.99. The molecule has 0 aliphatic carbocycles. The molecule has 4 aromatic rings. The summed E-state index contributed by atoms with van der Waals surface area (Å²) in [6.45, 7) is 0.753. The zero-order valence-electron chi connectivity index (χ0n) is 18.4. The van der Waals surface area contributed by atoms with Gasteiger partial charge < -0.3 is 9.88 Å². The standard InChI is InChI=1S/C26H20ClN3O3S2/c27-21-9-3-1-6-17(21)15-30-25(32)23(35-26(30)33)12-18-14-29(22-10-4-2-8-20(18)22)16-24(31)28-13-19-7-5-11-34-19/h1-12,14H,13,15-16H2,(H,28,31)/b23-12-. The third-order valence-corrected chi connectivity index (χ3v) is 7.77. The molecule has 0 atom stereocenters. The molecule has 1 saturated heterocycles. The number of para-hydroxylation sites is 1. The lowest BCUT2D eigenvalue weighted by atomic mass is 10.1. The molecule has 0 unspecified atom stereocenters. The predicted molar refractivity (Wildman–Crippen MR) is 141 cm³/mol. The maximum absolute atomic E-state index is 13.1. The summed E-state index contributed by atoms with van der Waals surface area (Å²) in [4.78, 5) is 40.9. The highest BCUT2D eigenvalue weighted by atomic mass is 35.5. The van der Waals surface area contributed by atoms with Crippen LogP contribution in [0.5, 0.6) is 0 Å². The number of benzene rings is 2. The van der Waals surface area contributed by atoms with Crippen LogP contribution in [0.25, 0.3) is 17.0 Å². The lowest BCUT2D eigenvalue weighted by Gasteiger charge is -2.13. The van der Waals surface area contributed by atoms with Gasteiger partial charge in [-0.05, 0) is 47.0 Å². The van der Waals surface area contributed by atoms with E-state index in [1.807, 2.05) is 58.6 Å². The fourth-order valence-electron chi connectivity index (χ4n) is 3.90. The van der Waals surface area contributed by atoms with Crippen LogP contribution in [0.3, 0.4) is 0 Å². The molecule has 35 heavy (non-hydrogen) atoms. The molecular formula is C26H20ClN3O3S2. The Morgan fingerprint density at radius 2 is 1.83 bits per heavy atom. The minimum atomic E-state index is -0.356. The van der Waals surface area contributed by atoms with Crippen molar-refractivity contribution in [2.45, 2.75) is 19.6 Å². The molecule has 6 nitrogen and oxygen atoms in total. The smallest absolute Gasteiger partial charge is 0.293 e. The zero-order valence-corrected chi connectivity index (χ0v) is 20.8. The molecule has 1 fully saturated rings. The first-order chi connectivity index (χ1) is 17.0. The van der Waals surface area contributed by atoms with Gasteiger partial charge >= 0.3 is 0 Å². The quantitative estimate of drug-likeness (QED) is 0.307. The Bertz CT molecular complexity index is 1460. The average molecular weight is 522 g/mol. The Balaban J connectivity index is 1.37. The Kier molecular flexibility index (Phi) is 6.77. The van der Waals surface area contributed by atoms with Gasteiger partial charge in [0.05, 0.1) is 18.0 Å². The van der Waals surface area contributed by atoms with Gasteiger partial charge in [0.1, 0.15) is 6.54 Å². The number of nitrogens with one attached hydrogen (secondary N) is 1. The monoisotopic (exact) mass is 521 g/mol. The summed E-state index contributed by atoms with van der Waals surface area (Å²) >= 11 is 8.72. The molecule has 0 saturated carbocycles. The predicted octanol–water partition coefficient (Wildman–Crippen LogP) is 5.91. The van der Waals surface area contributed by atoms with E-state index in [4.69, 9.17) is 11.6 Å². The van der Waals surface area contributed by atoms with Gasteiger partial charge in [-0.2, -0.15) is 0 Å². The zero-order chi connectivity index (χ0) is 24.4. The van der Waals surface area contributed by atoms with Crippen molar-refractivity contribution in [2.24, 2.45) is 0 Å². The number of hydrogen-bond donors (Lipinski definition) is 1. The largest absolute Gasteiger partial charge is 0.350 e. The van der Waals surface area contributed by atoms with Crippen LogP contribution in [-0.2, 0) is 29.2 Å². The van der Waals surface area contributed by atoms with E-state index < -0.39 is 0 Å². The highest BCUT2D eigenvalue weighted by molar-refractivity contribution is 8.18. The van der Waals surface area contributed by atoms with Crippen molar-refractivity contribution < 1.29 is 14.4 Å². The highest BCUT2D eigenvalue weighted by Gasteiger charge is 2.35. The SMILES string of the molecule is O=C(Cn1cc(/C=C2\SC(=O)N(Cc3ccccc3Cl)C2=O)c2ccccc21)NCc1cccs1. The molecule has 1 aliphatic rings. The number of fused-ring (bicyclic) bond motifs is 1. The summed E-state index contributed by atoms with van der Waals surface area (Å²) in [5.41, 5.74) is 2.36. The second kappa shape index (κ2) is 10.1. The Hall–Kier alpha value is -3.33. The lowest BCUT2D eigenvalue weighted by Crippen LogP contribution is -2.27. The number of thiophene rings is 1. The number of amides is 3. The van der Waals surface area contributed by atoms with Crippen LogP contribution in [0.1, 0.15) is 16.0 Å². The van der Waals surface area contributed by atoms with Crippen molar-refractivity contribution in [3.05, 3.63) is 98.2 Å². The molecule has 176 valence electrons. The van der Waals surface area contributed by atoms with E-state index in [2.05, 4.69) is 5.32 Å². The summed E-state index contributed by atoms with van der Waals surface area (Å²) in [7, 11) is 0. The maximum Gasteiger partial charge on any atom is 0.293 e. The summed E-state index contributed by atoms with van der Waals surface area (Å²) in [6.07, 6.45) is 3.57. The molecule has 1 N–H and O–H groups in total. The van der Waals surface area contributed by atoms with Crippen LogP contribution >= 0.6 is 34.7 Å². The van der Waals surface area contributed by atoms with Gasteiger partial charge in [-0.25, -0.2) is 0 Å². The fourth-order valence-corrected chi connectivity index (χ4v) is 5.57. The number of rotatable bonds is 7. The minimum absolute atomic E-state index is 0.106. The van der Waals surface area contributed by atoms with Crippen LogP contribution in [0, 0.1) is 0 Å². The average Bonchev–Trinajstić information content (AvgIpc) is 3.56. The van der Waals surface area contributed by atoms with Crippen LogP contribution in [-0.4, -0.2) is 26.5 Å². The van der Waals surface area contributed by atoms with Gasteiger partial charge in [-0.15, -0.1) is 11.3 Å². The van der Waals surface area contributed by atoms with E-state index in [9.17, 15) is 14.4 Å². The first kappa shape index (κ1) is 23.4. The van der Waals surface area contributed by atoms with E-state index in [1.54, 1.807) is 35.6 Å². The molecule has 0 radical (unpaired) electrons. The van der Waals surface area contributed by atoms with Crippen LogP contribution in [0.15, 0.2) is 77.1 Å². The number of carbonyl (C=O) groups excluding carboxylic acids is 3. The second-order valence-corrected chi connectivity index (χ2v) is 10.4. The van der Waals surface area contributed by atoms with Crippen molar-refractivity contribution in [1.29, 1.82) is 0 Å². The first-order valence-electron chi connectivity index (χ1n) is 10.9. The van der Waals surface area contributed by atoms with Gasteiger partial charge in [-0.1, -0.05) is 54.1 Å². The van der Waals surface area contributed by atoms with Crippen molar-refractivity contribution in [3.63, 3.8) is 0 Å². The van der Waals surface area contributed by atoms with Crippen LogP contribution in [0.4, 0.5) is 4.79 Å². The molecule has 2 aromatic heterocycles. The van der Waals surface area contributed by atoms with E-state index in [0.717, 1.165) is 33.1 Å². The van der Waals surface area contributed by atoms with E-state index >= 15 is 0 Å². The molecule has 3 amide bonds. The molecule has 5 rings (SSSR count). The maximum atomic E-state index is 13.1. The summed E-state index contributed by atoms with van der Waals surface area (Å²) in [6, 6.07) is 18.8. The normalized spacial score (nSPS) is 14.9. The Labute approximate surface area is 215 Å². The van der Waals surface area contributed by atoms with Crippen molar-refractivity contribution in [3.8, 4) is 0 Å². The number of carbonyl (C=O) groups is 3. The molecular weight excluding hydrogens is 502 g/mol. The topological polar surface area (TPSA) is 71.4 Å². The minimum Gasteiger partial charge on any atom is -0.350 e. The van der Waals surface area contributed by atoms with Gasteiger partial charge in [0.15, 0.2) is 0 Å². The van der Waals surface area contributed by atoms with E-state index in [1.165, 1.54) is 4.90 Å². The van der Waals surface area contributed by atoms with Gasteiger partial charge in [0.2, 0.25) is 5.91 Å². The first-order valence-corrected chi connectivity index (χ1v) is 12.9. The third-order valence-electron chi connectivity index (χ3n) is 5.62. The van der Waals surface area contributed by atoms with Crippen LogP contribution in [0.2, 0.25) is 5.02 Å². The molecule has 2 aromatic carbocycles. The van der Waals surface area contributed by atoms with Crippen molar-refractivity contribution in [1.82, 2.24) is 14.8 Å². The molecule has 0 bridgehead atoms. The third kappa shape index (κ3) is 5.05. The molecule has 1 aliphatic heterocycles. The van der Waals surface area contributed by atoms with Gasteiger partial charge in [0, 0.05) is 32.6 Å². The number of hydrogen-bond acceptors (Lipinski definition) is 5. The van der Waals surface area contributed by atoms with E-state index in [0.29, 0.717) is 22.0 Å². The summed E-state index contributed by atoms with van der Waals surface area (Å²) in [5.74, 6) is -0.462. The number of thioether (sulfide) groups is 1. The molecule has 9 heteroatoms. The summed E-state index contributed by atoms with van der Waals surface area (Å²) < 4.78 is 1.86. The lowest BCUT2D eigenvalue weighted by molar-refractivity contribution is -0.123. The van der Waals surface area contributed by atoms with Gasteiger partial charge in [0.25, 0.3) is 11.1 Å². The van der Waals surface area contributed by atoms with Gasteiger partial charge in [-0.3, -0.25) is 19.3 Å². The van der Waals surface area contributed by atoms with E-state index in [-0.39, 0.29) is 30.1 Å².